The van der Waals surface area contributed by atoms with Crippen LogP contribution in [0.2, 0.25) is 0 Å². The molecule has 0 radical (unpaired) electrons. The number of nitrogens with one attached hydrogen (secondary N) is 1. The second-order valence-electron chi connectivity index (χ2n) is 3.59. The first-order valence-electron chi connectivity index (χ1n) is 4.61. The van der Waals surface area contributed by atoms with Gasteiger partial charge in [0.25, 0.3) is 0 Å². The van der Waals surface area contributed by atoms with Gasteiger partial charge < -0.3 is 5.43 Å². The maximum Gasteiger partial charge on any atom is 0.0744 e. The summed E-state index contributed by atoms with van der Waals surface area (Å²) in [6.45, 7) is 4.20. The number of hydrogen-bond donors (Lipinski definition) is 1. The number of rotatable bonds is 1. The van der Waals surface area contributed by atoms with Gasteiger partial charge in [-0.15, -0.1) is 0 Å². The van der Waals surface area contributed by atoms with E-state index in [1.54, 1.807) is 0 Å². The lowest BCUT2D eigenvalue weighted by Gasteiger charge is -2.12. The van der Waals surface area contributed by atoms with Crippen LogP contribution in [-0.4, -0.2) is 5.71 Å². The summed E-state index contributed by atoms with van der Waals surface area (Å²) in [5, 5.41) is 4.20. The van der Waals surface area contributed by atoms with Crippen molar-refractivity contribution < 1.29 is 0 Å². The van der Waals surface area contributed by atoms with Crippen molar-refractivity contribution in [1.82, 2.24) is 5.43 Å². The molecule has 0 amide bonds. The van der Waals surface area contributed by atoms with Crippen LogP contribution in [-0.2, 0) is 0 Å². The Hall–Kier alpha value is -1.31. The molecule has 1 unspecified atom stereocenters. The minimum Gasteiger partial charge on any atom is -0.302 e. The van der Waals surface area contributed by atoms with E-state index in [2.05, 4.69) is 48.6 Å². The van der Waals surface area contributed by atoms with Crippen molar-refractivity contribution in [3.8, 4) is 0 Å². The lowest BCUT2D eigenvalue weighted by Crippen LogP contribution is -2.10. The van der Waals surface area contributed by atoms with Crippen LogP contribution in [0.3, 0.4) is 0 Å². The third-order valence-corrected chi connectivity index (χ3v) is 2.47. The third kappa shape index (κ3) is 1.57. The van der Waals surface area contributed by atoms with E-state index >= 15 is 0 Å². The Balaban J connectivity index is 2.23. The molecule has 1 N–H and O–H groups in total. The first kappa shape index (κ1) is 8.30. The number of benzene rings is 1. The average molecular weight is 174 g/mol. The molecule has 0 fully saturated rings. The highest BCUT2D eigenvalue weighted by atomic mass is 15.3. The number of aryl methyl sites for hydroxylation is 1. The minimum absolute atomic E-state index is 0.390. The Bertz CT molecular complexity index is 342. The normalized spacial score (nSPS) is 21.1. The van der Waals surface area contributed by atoms with Crippen LogP contribution >= 0.6 is 0 Å². The van der Waals surface area contributed by atoms with Crippen molar-refractivity contribution in [3.05, 3.63) is 35.4 Å². The maximum atomic E-state index is 4.20. The number of nitrogens with zero attached hydrogens (tertiary/aromatic N) is 1. The van der Waals surface area contributed by atoms with Gasteiger partial charge in [-0.2, -0.15) is 5.10 Å². The molecular formula is C11H14N2. The molecule has 1 aliphatic heterocycles. The molecule has 0 spiro atoms. The SMILES string of the molecule is CC1=NNC(c2ccccc2C)C1. The summed E-state index contributed by atoms with van der Waals surface area (Å²) >= 11 is 0. The molecular weight excluding hydrogens is 160 g/mol. The molecule has 2 rings (SSSR count). The number of hydrogen-bond acceptors (Lipinski definition) is 2. The Morgan fingerprint density at radius 1 is 1.31 bits per heavy atom. The van der Waals surface area contributed by atoms with Crippen molar-refractivity contribution in [2.75, 3.05) is 0 Å². The van der Waals surface area contributed by atoms with Gasteiger partial charge in [0.05, 0.1) is 6.04 Å². The second kappa shape index (κ2) is 3.21. The molecule has 1 heterocycles. The summed E-state index contributed by atoms with van der Waals surface area (Å²) < 4.78 is 0. The van der Waals surface area contributed by atoms with E-state index in [1.807, 2.05) is 0 Å². The fraction of sp³-hybridized carbons (Fsp3) is 0.364. The van der Waals surface area contributed by atoms with Crippen LogP contribution in [0.4, 0.5) is 0 Å². The van der Waals surface area contributed by atoms with Gasteiger partial charge in [-0.1, -0.05) is 24.3 Å². The molecule has 1 aliphatic rings. The predicted molar refractivity (Wildman–Crippen MR) is 54.8 cm³/mol. The van der Waals surface area contributed by atoms with Crippen LogP contribution < -0.4 is 5.43 Å². The number of hydrazone groups is 1. The molecule has 1 atom stereocenters. The standard InChI is InChI=1S/C11H14N2/c1-8-5-3-4-6-10(8)11-7-9(2)12-13-11/h3-6,11,13H,7H2,1-2H3. The molecule has 68 valence electrons. The second-order valence-corrected chi connectivity index (χ2v) is 3.59. The minimum atomic E-state index is 0.390. The van der Waals surface area contributed by atoms with Gasteiger partial charge in [0.15, 0.2) is 0 Å². The molecule has 0 aliphatic carbocycles. The van der Waals surface area contributed by atoms with E-state index in [0.29, 0.717) is 6.04 Å². The zero-order valence-electron chi connectivity index (χ0n) is 8.04. The maximum absolute atomic E-state index is 4.20. The van der Waals surface area contributed by atoms with E-state index in [4.69, 9.17) is 0 Å². The molecule has 0 saturated heterocycles. The Morgan fingerprint density at radius 2 is 2.08 bits per heavy atom. The van der Waals surface area contributed by atoms with Gasteiger partial charge in [0, 0.05) is 12.1 Å². The summed E-state index contributed by atoms with van der Waals surface area (Å²) in [5.74, 6) is 0. The molecule has 0 saturated carbocycles. The van der Waals surface area contributed by atoms with E-state index < -0.39 is 0 Å². The van der Waals surface area contributed by atoms with Crippen molar-refractivity contribution in [3.63, 3.8) is 0 Å². The molecule has 1 aromatic rings. The van der Waals surface area contributed by atoms with E-state index in [9.17, 15) is 0 Å². The lowest BCUT2D eigenvalue weighted by atomic mass is 9.99. The molecule has 2 heteroatoms. The lowest BCUT2D eigenvalue weighted by molar-refractivity contribution is 0.616. The summed E-state index contributed by atoms with van der Waals surface area (Å²) in [6, 6.07) is 8.85. The quantitative estimate of drug-likeness (QED) is 0.694. The van der Waals surface area contributed by atoms with Crippen LogP contribution in [0.15, 0.2) is 29.4 Å². The summed E-state index contributed by atoms with van der Waals surface area (Å²) in [6.07, 6.45) is 1.03. The fourth-order valence-electron chi connectivity index (χ4n) is 1.73. The molecule has 2 nitrogen and oxygen atoms in total. The smallest absolute Gasteiger partial charge is 0.0744 e. The zero-order chi connectivity index (χ0) is 9.26. The third-order valence-electron chi connectivity index (χ3n) is 2.47. The zero-order valence-corrected chi connectivity index (χ0v) is 8.04. The highest BCUT2D eigenvalue weighted by molar-refractivity contribution is 5.83. The van der Waals surface area contributed by atoms with E-state index in [0.717, 1.165) is 6.42 Å². The fourth-order valence-corrected chi connectivity index (χ4v) is 1.73. The van der Waals surface area contributed by atoms with Gasteiger partial charge in [0.2, 0.25) is 0 Å². The van der Waals surface area contributed by atoms with Crippen molar-refractivity contribution in [1.29, 1.82) is 0 Å². The molecule has 0 bridgehead atoms. The predicted octanol–water partition coefficient (Wildman–Crippen LogP) is 2.41. The topological polar surface area (TPSA) is 24.4 Å². The molecule has 1 aromatic carbocycles. The monoisotopic (exact) mass is 174 g/mol. The average Bonchev–Trinajstić information content (AvgIpc) is 2.53. The van der Waals surface area contributed by atoms with Gasteiger partial charge >= 0.3 is 0 Å². The van der Waals surface area contributed by atoms with Gasteiger partial charge in [0.1, 0.15) is 0 Å². The summed E-state index contributed by atoms with van der Waals surface area (Å²) in [7, 11) is 0. The van der Waals surface area contributed by atoms with Crippen LogP contribution in [0.5, 0.6) is 0 Å². The molecule has 13 heavy (non-hydrogen) atoms. The highest BCUT2D eigenvalue weighted by Gasteiger charge is 2.18. The van der Waals surface area contributed by atoms with E-state index in [1.165, 1.54) is 16.8 Å². The Kier molecular flexibility index (Phi) is 2.05. The van der Waals surface area contributed by atoms with Crippen LogP contribution in [0.1, 0.15) is 30.5 Å². The summed E-state index contributed by atoms with van der Waals surface area (Å²) in [4.78, 5) is 0. The van der Waals surface area contributed by atoms with Gasteiger partial charge in [-0.3, -0.25) is 0 Å². The van der Waals surface area contributed by atoms with Gasteiger partial charge in [-0.25, -0.2) is 0 Å². The summed E-state index contributed by atoms with van der Waals surface area (Å²) in [5.41, 5.74) is 7.04. The van der Waals surface area contributed by atoms with Crippen molar-refractivity contribution in [2.24, 2.45) is 5.10 Å². The van der Waals surface area contributed by atoms with Crippen LogP contribution in [0.25, 0.3) is 0 Å². The first-order chi connectivity index (χ1) is 6.27. The van der Waals surface area contributed by atoms with Crippen LogP contribution in [0, 0.1) is 6.92 Å². The first-order valence-corrected chi connectivity index (χ1v) is 4.61. The highest BCUT2D eigenvalue weighted by Crippen LogP contribution is 2.23. The Morgan fingerprint density at radius 3 is 2.69 bits per heavy atom. The van der Waals surface area contributed by atoms with Crippen molar-refractivity contribution in [2.45, 2.75) is 26.3 Å². The van der Waals surface area contributed by atoms with E-state index in [-0.39, 0.29) is 0 Å². The van der Waals surface area contributed by atoms with Gasteiger partial charge in [-0.05, 0) is 25.0 Å². The Labute approximate surface area is 78.7 Å². The molecule has 0 aromatic heterocycles. The van der Waals surface area contributed by atoms with Crippen molar-refractivity contribution >= 4 is 5.71 Å². The largest absolute Gasteiger partial charge is 0.302 e.